The number of carbonyl (C=O) groups excluding carboxylic acids is 2. The van der Waals surface area contributed by atoms with Crippen LogP contribution in [0.4, 0.5) is 13.2 Å². The quantitative estimate of drug-likeness (QED) is 0.848. The molecule has 5 nitrogen and oxygen atoms in total. The van der Waals surface area contributed by atoms with E-state index in [9.17, 15) is 22.8 Å². The first-order valence-corrected chi connectivity index (χ1v) is 8.16. The molecule has 2 rings (SSSR count). The van der Waals surface area contributed by atoms with Gasteiger partial charge in [0.05, 0.1) is 5.01 Å². The molecule has 0 spiro atoms. The molecule has 0 aromatic carbocycles. The van der Waals surface area contributed by atoms with Gasteiger partial charge in [-0.2, -0.15) is 13.2 Å². The molecule has 1 N–H and O–H groups in total. The zero-order valence-electron chi connectivity index (χ0n) is 12.7. The number of piperidine rings is 1. The topological polar surface area (TPSA) is 62.3 Å². The summed E-state index contributed by atoms with van der Waals surface area (Å²) in [5.41, 5.74) is 0.931. The minimum atomic E-state index is -4.47. The Morgan fingerprint density at radius 1 is 1.48 bits per heavy atom. The van der Waals surface area contributed by atoms with Gasteiger partial charge in [0.2, 0.25) is 11.8 Å². The number of hydrogen-bond donors (Lipinski definition) is 1. The van der Waals surface area contributed by atoms with Crippen molar-refractivity contribution < 1.29 is 22.8 Å². The monoisotopic (exact) mass is 349 g/mol. The van der Waals surface area contributed by atoms with E-state index in [-0.39, 0.29) is 5.92 Å². The first-order chi connectivity index (χ1) is 10.7. The van der Waals surface area contributed by atoms with E-state index in [0.717, 1.165) is 23.5 Å². The van der Waals surface area contributed by atoms with Gasteiger partial charge in [0, 0.05) is 30.1 Å². The number of nitrogens with zero attached hydrogens (tertiary/aromatic N) is 2. The van der Waals surface area contributed by atoms with Crippen LogP contribution in [0.5, 0.6) is 0 Å². The lowest BCUT2D eigenvalue weighted by molar-refractivity contribution is -0.143. The van der Waals surface area contributed by atoms with Gasteiger partial charge in [-0.1, -0.05) is 0 Å². The third kappa shape index (κ3) is 5.49. The van der Waals surface area contributed by atoms with Crippen molar-refractivity contribution in [1.82, 2.24) is 15.2 Å². The average molecular weight is 349 g/mol. The molecular formula is C14H18F3N3O2S. The molecule has 1 aromatic rings. The van der Waals surface area contributed by atoms with E-state index in [1.165, 1.54) is 4.90 Å². The number of thiazole rings is 1. The van der Waals surface area contributed by atoms with Crippen LogP contribution in [0.1, 0.15) is 35.9 Å². The predicted octanol–water partition coefficient (Wildman–Crippen LogP) is 2.23. The molecule has 23 heavy (non-hydrogen) atoms. The van der Waals surface area contributed by atoms with Crippen LogP contribution in [-0.2, 0) is 9.59 Å². The second-order valence-corrected chi connectivity index (χ2v) is 6.46. The van der Waals surface area contributed by atoms with Crippen LogP contribution in [0.25, 0.3) is 0 Å². The van der Waals surface area contributed by atoms with E-state index < -0.39 is 31.0 Å². The second-order valence-electron chi connectivity index (χ2n) is 5.57. The van der Waals surface area contributed by atoms with E-state index in [4.69, 9.17) is 0 Å². The molecule has 9 heteroatoms. The first-order valence-electron chi connectivity index (χ1n) is 7.28. The maximum atomic E-state index is 12.1. The van der Waals surface area contributed by atoms with Crippen LogP contribution in [0.2, 0.25) is 0 Å². The first kappa shape index (κ1) is 17.7. The fourth-order valence-corrected chi connectivity index (χ4v) is 3.40. The van der Waals surface area contributed by atoms with E-state index >= 15 is 0 Å². The number of amides is 2. The molecule has 128 valence electrons. The van der Waals surface area contributed by atoms with Crippen LogP contribution >= 0.6 is 11.3 Å². The number of halogens is 3. The molecule has 1 saturated heterocycles. The van der Waals surface area contributed by atoms with Gasteiger partial charge >= 0.3 is 6.18 Å². The smallest absolute Gasteiger partial charge is 0.347 e. The van der Waals surface area contributed by atoms with Crippen LogP contribution in [0.3, 0.4) is 0 Å². The maximum absolute atomic E-state index is 12.1. The minimum absolute atomic E-state index is 0.129. The molecule has 2 heterocycles. The average Bonchev–Trinajstić information content (AvgIpc) is 2.91. The molecule has 1 aromatic heterocycles. The number of carbonyl (C=O) groups is 2. The number of nitrogens with one attached hydrogen (secondary N) is 1. The summed E-state index contributed by atoms with van der Waals surface area (Å²) in [6, 6.07) is 0. The molecule has 0 saturated carbocycles. The maximum Gasteiger partial charge on any atom is 0.405 e. The van der Waals surface area contributed by atoms with Crippen molar-refractivity contribution in [3.05, 3.63) is 16.1 Å². The zero-order valence-corrected chi connectivity index (χ0v) is 13.5. The molecule has 0 radical (unpaired) electrons. The van der Waals surface area contributed by atoms with E-state index in [1.54, 1.807) is 16.7 Å². The van der Waals surface area contributed by atoms with Gasteiger partial charge < -0.3 is 10.2 Å². The van der Waals surface area contributed by atoms with Crippen molar-refractivity contribution in [2.24, 2.45) is 0 Å². The fourth-order valence-electron chi connectivity index (χ4n) is 2.48. The van der Waals surface area contributed by atoms with Gasteiger partial charge in [-0.05, 0) is 19.8 Å². The lowest BCUT2D eigenvalue weighted by Gasteiger charge is -2.31. The Balaban J connectivity index is 1.85. The molecule has 2 amide bonds. The lowest BCUT2D eigenvalue weighted by atomic mass is 9.98. The Kier molecular flexibility index (Phi) is 5.61. The number of likely N-dealkylation sites (tertiary alicyclic amines) is 1. The van der Waals surface area contributed by atoms with Gasteiger partial charge in [0.1, 0.15) is 13.0 Å². The van der Waals surface area contributed by atoms with Crippen LogP contribution in [0, 0.1) is 6.92 Å². The molecule has 1 atom stereocenters. The highest BCUT2D eigenvalue weighted by atomic mass is 32.1. The highest BCUT2D eigenvalue weighted by Gasteiger charge is 2.30. The molecule has 0 bridgehead atoms. The minimum Gasteiger partial charge on any atom is -0.347 e. The summed E-state index contributed by atoms with van der Waals surface area (Å²) in [5.74, 6) is -1.22. The molecular weight excluding hydrogens is 331 g/mol. The van der Waals surface area contributed by atoms with Gasteiger partial charge in [0.25, 0.3) is 0 Å². The molecule has 0 aliphatic carbocycles. The summed E-state index contributed by atoms with van der Waals surface area (Å²) >= 11 is 1.54. The van der Waals surface area contributed by atoms with Crippen molar-refractivity contribution >= 4 is 23.2 Å². The van der Waals surface area contributed by atoms with Crippen molar-refractivity contribution in [2.75, 3.05) is 19.6 Å². The van der Waals surface area contributed by atoms with E-state index in [1.807, 2.05) is 12.3 Å². The van der Waals surface area contributed by atoms with Crippen LogP contribution in [-0.4, -0.2) is 47.5 Å². The Bertz CT molecular complexity index is 574. The molecule has 1 aliphatic rings. The summed E-state index contributed by atoms with van der Waals surface area (Å²) in [6.07, 6.45) is -3.33. The number of rotatable bonds is 4. The SMILES string of the molecule is Cc1csc([C@@H]2CCCN(C(=O)CC(=O)NCC(F)(F)F)C2)n1. The number of aryl methyl sites for hydroxylation is 1. The van der Waals surface area contributed by atoms with Gasteiger partial charge in [-0.3, -0.25) is 9.59 Å². The van der Waals surface area contributed by atoms with Crippen molar-refractivity contribution in [1.29, 1.82) is 0 Å². The standard InChI is InChI=1S/C14H18F3N3O2S/c1-9-7-23-13(19-9)10-3-2-4-20(6-10)12(22)5-11(21)18-8-14(15,16)17/h7,10H,2-6,8H2,1H3,(H,18,21)/t10-/m1/s1. The highest BCUT2D eigenvalue weighted by Crippen LogP contribution is 2.29. The van der Waals surface area contributed by atoms with Crippen molar-refractivity contribution in [3.8, 4) is 0 Å². The van der Waals surface area contributed by atoms with E-state index in [2.05, 4.69) is 4.98 Å². The third-order valence-electron chi connectivity index (χ3n) is 3.56. The van der Waals surface area contributed by atoms with E-state index in [0.29, 0.717) is 13.1 Å². The third-order valence-corrected chi connectivity index (χ3v) is 4.68. The normalized spacial score (nSPS) is 18.8. The zero-order chi connectivity index (χ0) is 17.0. The number of alkyl halides is 3. The summed E-state index contributed by atoms with van der Waals surface area (Å²) in [5, 5.41) is 4.62. The lowest BCUT2D eigenvalue weighted by Crippen LogP contribution is -2.42. The van der Waals surface area contributed by atoms with Gasteiger partial charge in [-0.25, -0.2) is 4.98 Å². The van der Waals surface area contributed by atoms with Crippen molar-refractivity contribution in [2.45, 2.75) is 38.3 Å². The number of hydrogen-bond acceptors (Lipinski definition) is 4. The molecule has 0 unspecified atom stereocenters. The van der Waals surface area contributed by atoms with Gasteiger partial charge in [-0.15, -0.1) is 11.3 Å². The Morgan fingerprint density at radius 3 is 2.83 bits per heavy atom. The predicted molar refractivity (Wildman–Crippen MR) is 79.1 cm³/mol. The summed E-state index contributed by atoms with van der Waals surface area (Å²) in [4.78, 5) is 29.5. The second kappa shape index (κ2) is 7.29. The Morgan fingerprint density at radius 2 is 2.22 bits per heavy atom. The van der Waals surface area contributed by atoms with Gasteiger partial charge in [0.15, 0.2) is 0 Å². The van der Waals surface area contributed by atoms with Crippen LogP contribution < -0.4 is 5.32 Å². The summed E-state index contributed by atoms with van der Waals surface area (Å²) < 4.78 is 36.1. The summed E-state index contributed by atoms with van der Waals surface area (Å²) in [6.45, 7) is 1.46. The Labute approximate surface area is 135 Å². The molecule has 1 fully saturated rings. The fraction of sp³-hybridized carbons (Fsp3) is 0.643. The number of aromatic nitrogens is 1. The largest absolute Gasteiger partial charge is 0.405 e. The Hall–Kier alpha value is -1.64. The van der Waals surface area contributed by atoms with Crippen molar-refractivity contribution in [3.63, 3.8) is 0 Å². The summed E-state index contributed by atoms with van der Waals surface area (Å²) in [7, 11) is 0. The highest BCUT2D eigenvalue weighted by molar-refractivity contribution is 7.09. The van der Waals surface area contributed by atoms with Crippen LogP contribution in [0.15, 0.2) is 5.38 Å². The molecule has 1 aliphatic heterocycles.